The highest BCUT2D eigenvalue weighted by atomic mass is 16.4. The number of hydrogen-bond acceptors (Lipinski definition) is 2. The van der Waals surface area contributed by atoms with E-state index in [0.717, 1.165) is 29.3 Å². The van der Waals surface area contributed by atoms with Crippen LogP contribution in [0.5, 0.6) is 0 Å². The Morgan fingerprint density at radius 1 is 1.18 bits per heavy atom. The van der Waals surface area contributed by atoms with Gasteiger partial charge in [-0.25, -0.2) is 0 Å². The summed E-state index contributed by atoms with van der Waals surface area (Å²) in [6.45, 7) is 2.01. The van der Waals surface area contributed by atoms with Crippen molar-refractivity contribution >= 4 is 22.8 Å². The second-order valence-corrected chi connectivity index (χ2v) is 6.13. The molecule has 116 valence electrons. The Balaban J connectivity index is 1.65. The third-order valence-electron chi connectivity index (χ3n) is 4.43. The van der Waals surface area contributed by atoms with Gasteiger partial charge < -0.3 is 15.4 Å². The fourth-order valence-corrected chi connectivity index (χ4v) is 3.11. The number of carbonyl (C=O) groups is 2. The van der Waals surface area contributed by atoms with Gasteiger partial charge in [0.05, 0.1) is 5.92 Å². The Bertz CT molecular complexity index is 712. The molecule has 5 nitrogen and oxygen atoms in total. The number of aliphatic carboxylic acids is 1. The highest BCUT2D eigenvalue weighted by molar-refractivity contribution is 5.98. The number of H-pyrrole nitrogens is 1. The monoisotopic (exact) mass is 300 g/mol. The molecule has 5 heteroatoms. The lowest BCUT2D eigenvalue weighted by Gasteiger charge is -2.26. The van der Waals surface area contributed by atoms with Crippen molar-refractivity contribution in [3.05, 3.63) is 35.5 Å². The first-order chi connectivity index (χ1) is 10.5. The second kappa shape index (κ2) is 5.83. The molecule has 0 bridgehead atoms. The topological polar surface area (TPSA) is 82.2 Å². The van der Waals surface area contributed by atoms with Crippen molar-refractivity contribution in [2.45, 2.75) is 38.6 Å². The average Bonchev–Trinajstić information content (AvgIpc) is 2.91. The molecule has 1 aromatic carbocycles. The van der Waals surface area contributed by atoms with Gasteiger partial charge in [0.1, 0.15) is 5.69 Å². The van der Waals surface area contributed by atoms with Gasteiger partial charge in [-0.1, -0.05) is 12.1 Å². The SMILES string of the molecule is Cc1ccc2cc(C(=O)NC3CCC(C(=O)O)CC3)[nH]c2c1. The van der Waals surface area contributed by atoms with E-state index in [4.69, 9.17) is 5.11 Å². The molecule has 1 saturated carbocycles. The smallest absolute Gasteiger partial charge is 0.306 e. The lowest BCUT2D eigenvalue weighted by molar-refractivity contribution is -0.142. The van der Waals surface area contributed by atoms with E-state index in [-0.39, 0.29) is 17.9 Å². The van der Waals surface area contributed by atoms with Crippen LogP contribution < -0.4 is 5.32 Å². The predicted octanol–water partition coefficient (Wildman–Crippen LogP) is 2.85. The summed E-state index contributed by atoms with van der Waals surface area (Å²) in [4.78, 5) is 26.4. The van der Waals surface area contributed by atoms with E-state index in [0.29, 0.717) is 18.5 Å². The van der Waals surface area contributed by atoms with Gasteiger partial charge in [0.25, 0.3) is 5.91 Å². The number of carboxylic acids is 1. The van der Waals surface area contributed by atoms with Crippen molar-refractivity contribution in [1.82, 2.24) is 10.3 Å². The van der Waals surface area contributed by atoms with Crippen LogP contribution in [0, 0.1) is 12.8 Å². The molecular weight excluding hydrogens is 280 g/mol. The molecular formula is C17H20N2O3. The van der Waals surface area contributed by atoms with E-state index < -0.39 is 5.97 Å². The fourth-order valence-electron chi connectivity index (χ4n) is 3.11. The number of carbonyl (C=O) groups excluding carboxylic acids is 1. The summed E-state index contributed by atoms with van der Waals surface area (Å²) < 4.78 is 0. The maximum atomic E-state index is 12.3. The van der Waals surface area contributed by atoms with Crippen LogP contribution >= 0.6 is 0 Å². The molecule has 1 amide bonds. The summed E-state index contributed by atoms with van der Waals surface area (Å²) in [5.41, 5.74) is 2.66. The summed E-state index contributed by atoms with van der Waals surface area (Å²) in [7, 11) is 0. The Hall–Kier alpha value is -2.30. The quantitative estimate of drug-likeness (QED) is 0.815. The number of aromatic nitrogens is 1. The third kappa shape index (κ3) is 2.98. The van der Waals surface area contributed by atoms with Crippen molar-refractivity contribution in [1.29, 1.82) is 0 Å². The summed E-state index contributed by atoms with van der Waals surface area (Å²) in [5, 5.41) is 13.0. The summed E-state index contributed by atoms with van der Waals surface area (Å²) in [6, 6.07) is 7.95. The van der Waals surface area contributed by atoms with Crippen LogP contribution in [-0.2, 0) is 4.79 Å². The lowest BCUT2D eigenvalue weighted by atomic mass is 9.86. The summed E-state index contributed by atoms with van der Waals surface area (Å²) >= 11 is 0. The number of hydrogen-bond donors (Lipinski definition) is 3. The summed E-state index contributed by atoms with van der Waals surface area (Å²) in [5.74, 6) is -1.10. The Morgan fingerprint density at radius 2 is 1.91 bits per heavy atom. The molecule has 1 aliphatic carbocycles. The number of nitrogens with one attached hydrogen (secondary N) is 2. The van der Waals surface area contributed by atoms with Gasteiger partial charge in [0.15, 0.2) is 0 Å². The zero-order valence-electron chi connectivity index (χ0n) is 12.6. The van der Waals surface area contributed by atoms with E-state index >= 15 is 0 Å². The predicted molar refractivity (Wildman–Crippen MR) is 83.9 cm³/mol. The van der Waals surface area contributed by atoms with Gasteiger partial charge in [-0.15, -0.1) is 0 Å². The molecule has 0 spiro atoms. The minimum atomic E-state index is -0.726. The number of aromatic amines is 1. The Morgan fingerprint density at radius 3 is 2.59 bits per heavy atom. The van der Waals surface area contributed by atoms with Crippen molar-refractivity contribution in [3.8, 4) is 0 Å². The first kappa shape index (κ1) is 14.6. The van der Waals surface area contributed by atoms with Gasteiger partial charge in [0.2, 0.25) is 0 Å². The zero-order chi connectivity index (χ0) is 15.7. The normalized spacial score (nSPS) is 21.7. The summed E-state index contributed by atoms with van der Waals surface area (Å²) in [6.07, 6.45) is 2.71. The van der Waals surface area contributed by atoms with Crippen LogP contribution in [0.15, 0.2) is 24.3 Å². The van der Waals surface area contributed by atoms with Gasteiger partial charge >= 0.3 is 5.97 Å². The van der Waals surface area contributed by atoms with Gasteiger partial charge in [-0.3, -0.25) is 9.59 Å². The van der Waals surface area contributed by atoms with Crippen molar-refractivity contribution in [2.24, 2.45) is 5.92 Å². The van der Waals surface area contributed by atoms with Gasteiger partial charge in [-0.2, -0.15) is 0 Å². The van der Waals surface area contributed by atoms with Crippen LogP contribution in [0.2, 0.25) is 0 Å². The molecule has 0 atom stereocenters. The maximum absolute atomic E-state index is 12.3. The van der Waals surface area contributed by atoms with Crippen LogP contribution in [0.25, 0.3) is 10.9 Å². The van der Waals surface area contributed by atoms with Gasteiger partial charge in [0, 0.05) is 16.9 Å². The maximum Gasteiger partial charge on any atom is 0.306 e. The fraction of sp³-hybridized carbons (Fsp3) is 0.412. The number of carboxylic acid groups (broad SMARTS) is 1. The zero-order valence-corrected chi connectivity index (χ0v) is 12.6. The minimum absolute atomic E-state index is 0.0660. The number of rotatable bonds is 3. The average molecular weight is 300 g/mol. The highest BCUT2D eigenvalue weighted by Crippen LogP contribution is 2.25. The van der Waals surface area contributed by atoms with E-state index in [1.165, 1.54) is 0 Å². The molecule has 3 N–H and O–H groups in total. The standard InChI is InChI=1S/C17H20N2O3/c1-10-2-3-12-9-15(19-14(12)8-10)16(20)18-13-6-4-11(5-7-13)17(21)22/h2-3,8-9,11,13,19H,4-7H2,1H3,(H,18,20)(H,21,22). The molecule has 0 radical (unpaired) electrons. The van der Waals surface area contributed by atoms with E-state index in [1.54, 1.807) is 0 Å². The molecule has 2 aromatic rings. The van der Waals surface area contributed by atoms with E-state index in [1.807, 2.05) is 31.2 Å². The number of benzene rings is 1. The van der Waals surface area contributed by atoms with Crippen LogP contribution in [-0.4, -0.2) is 28.0 Å². The van der Waals surface area contributed by atoms with Crippen LogP contribution in [0.1, 0.15) is 41.7 Å². The molecule has 1 aliphatic rings. The van der Waals surface area contributed by atoms with Crippen molar-refractivity contribution < 1.29 is 14.7 Å². The first-order valence-electron chi connectivity index (χ1n) is 7.66. The molecule has 1 fully saturated rings. The van der Waals surface area contributed by atoms with Crippen molar-refractivity contribution in [3.63, 3.8) is 0 Å². The lowest BCUT2D eigenvalue weighted by Crippen LogP contribution is -2.38. The third-order valence-corrected chi connectivity index (χ3v) is 4.43. The van der Waals surface area contributed by atoms with Crippen molar-refractivity contribution in [2.75, 3.05) is 0 Å². The van der Waals surface area contributed by atoms with Gasteiger partial charge in [-0.05, 0) is 50.3 Å². The second-order valence-electron chi connectivity index (χ2n) is 6.13. The number of fused-ring (bicyclic) bond motifs is 1. The molecule has 1 heterocycles. The largest absolute Gasteiger partial charge is 0.481 e. The van der Waals surface area contributed by atoms with E-state index in [2.05, 4.69) is 10.3 Å². The molecule has 0 saturated heterocycles. The first-order valence-corrected chi connectivity index (χ1v) is 7.66. The van der Waals surface area contributed by atoms with Crippen LogP contribution in [0.4, 0.5) is 0 Å². The Kier molecular flexibility index (Phi) is 3.88. The molecule has 0 aliphatic heterocycles. The highest BCUT2D eigenvalue weighted by Gasteiger charge is 2.27. The molecule has 1 aromatic heterocycles. The molecule has 0 unspecified atom stereocenters. The van der Waals surface area contributed by atoms with E-state index in [9.17, 15) is 9.59 Å². The van der Waals surface area contributed by atoms with Crippen LogP contribution in [0.3, 0.4) is 0 Å². The number of amides is 1. The Labute approximate surface area is 128 Å². The number of aryl methyl sites for hydroxylation is 1. The molecule has 22 heavy (non-hydrogen) atoms. The minimum Gasteiger partial charge on any atom is -0.481 e. The molecule has 3 rings (SSSR count).